The molecule has 4 nitrogen and oxygen atoms in total. The van der Waals surface area contributed by atoms with E-state index in [1.807, 2.05) is 62.4 Å². The summed E-state index contributed by atoms with van der Waals surface area (Å²) in [4.78, 5) is 31.1. The van der Waals surface area contributed by atoms with Gasteiger partial charge in [0.2, 0.25) is 12.2 Å². The number of hydrogen-bond donors (Lipinski definition) is 0. The van der Waals surface area contributed by atoms with Gasteiger partial charge >= 0.3 is 0 Å². The molecular weight excluding hydrogens is 528 g/mol. The molecule has 0 spiro atoms. The summed E-state index contributed by atoms with van der Waals surface area (Å²) in [7, 11) is 0. The van der Waals surface area contributed by atoms with Crippen molar-refractivity contribution in [3.63, 3.8) is 0 Å². The van der Waals surface area contributed by atoms with Crippen LogP contribution in [0, 0.1) is 19.3 Å². The van der Waals surface area contributed by atoms with Gasteiger partial charge in [-0.1, -0.05) is 135 Å². The van der Waals surface area contributed by atoms with E-state index in [0.717, 1.165) is 41.5 Å². The van der Waals surface area contributed by atoms with Crippen molar-refractivity contribution in [3.05, 3.63) is 155 Å². The van der Waals surface area contributed by atoms with Gasteiger partial charge < -0.3 is 0 Å². The number of rotatable bonds is 8. The second-order valence-electron chi connectivity index (χ2n) is 10.8. The summed E-state index contributed by atoms with van der Waals surface area (Å²) in [5.41, 5.74) is 5.90. The minimum atomic E-state index is -0.694. The average Bonchev–Trinajstić information content (AvgIpc) is 3.07. The number of isocyanates is 2. The van der Waals surface area contributed by atoms with E-state index >= 15 is 0 Å². The lowest BCUT2D eigenvalue weighted by Crippen LogP contribution is -2.47. The molecule has 216 valence electrons. The smallest absolute Gasteiger partial charge is 0.211 e. The number of aryl methyl sites for hydroxylation is 2. The molecule has 43 heavy (non-hydrogen) atoms. The fourth-order valence-corrected chi connectivity index (χ4v) is 6.54. The van der Waals surface area contributed by atoms with E-state index in [1.54, 1.807) is 12.2 Å². The Kier molecular flexibility index (Phi) is 10.4. The highest BCUT2D eigenvalue weighted by atomic mass is 16.1. The van der Waals surface area contributed by atoms with E-state index in [4.69, 9.17) is 0 Å². The fourth-order valence-electron chi connectivity index (χ4n) is 6.54. The number of benzene rings is 4. The maximum Gasteiger partial charge on any atom is 0.240 e. The summed E-state index contributed by atoms with van der Waals surface area (Å²) in [6, 6.07) is 33.3. The SMILES string of the molecule is CCC1(C(c2ccccc2)(c2ccccc2)c2cc(C)c(N=C=O)c(C)c2N=C=O)C=CC=CC1.CCc1ccccc1. The zero-order valence-electron chi connectivity index (χ0n) is 25.4. The van der Waals surface area contributed by atoms with Crippen molar-refractivity contribution in [2.45, 2.75) is 52.4 Å². The van der Waals surface area contributed by atoms with Crippen LogP contribution in [0.4, 0.5) is 11.4 Å². The van der Waals surface area contributed by atoms with Crippen molar-refractivity contribution < 1.29 is 9.59 Å². The van der Waals surface area contributed by atoms with Crippen molar-refractivity contribution >= 4 is 23.5 Å². The van der Waals surface area contributed by atoms with Gasteiger partial charge in [-0.3, -0.25) is 0 Å². The molecule has 4 aromatic rings. The van der Waals surface area contributed by atoms with Gasteiger partial charge in [0.15, 0.2) is 0 Å². The Balaban J connectivity index is 0.000000458. The van der Waals surface area contributed by atoms with Crippen LogP contribution in [0.1, 0.15) is 60.1 Å². The van der Waals surface area contributed by atoms with Crippen LogP contribution in [-0.4, -0.2) is 12.2 Å². The van der Waals surface area contributed by atoms with Crippen molar-refractivity contribution in [2.24, 2.45) is 15.4 Å². The molecule has 1 aliphatic rings. The molecule has 0 amide bonds. The van der Waals surface area contributed by atoms with E-state index in [-0.39, 0.29) is 5.41 Å². The third-order valence-electron chi connectivity index (χ3n) is 8.61. The Bertz CT molecular complexity index is 1640. The lowest BCUT2D eigenvalue weighted by atomic mass is 9.50. The highest BCUT2D eigenvalue weighted by Gasteiger charge is 2.53. The van der Waals surface area contributed by atoms with Crippen LogP contribution in [0.3, 0.4) is 0 Å². The average molecular weight is 567 g/mol. The van der Waals surface area contributed by atoms with Crippen LogP contribution in [0.25, 0.3) is 0 Å². The number of nitrogens with zero attached hydrogens (tertiary/aromatic N) is 2. The van der Waals surface area contributed by atoms with Crippen LogP contribution in [0.2, 0.25) is 0 Å². The third-order valence-corrected chi connectivity index (χ3v) is 8.61. The summed E-state index contributed by atoms with van der Waals surface area (Å²) >= 11 is 0. The molecule has 0 fully saturated rings. The van der Waals surface area contributed by atoms with E-state index in [1.165, 1.54) is 5.56 Å². The van der Waals surface area contributed by atoms with Crippen molar-refractivity contribution in [1.29, 1.82) is 0 Å². The maximum absolute atomic E-state index is 11.7. The molecule has 1 aliphatic carbocycles. The molecule has 1 unspecified atom stereocenters. The van der Waals surface area contributed by atoms with E-state index in [0.29, 0.717) is 16.9 Å². The highest BCUT2D eigenvalue weighted by Crippen LogP contribution is 2.60. The van der Waals surface area contributed by atoms with Crippen molar-refractivity contribution in [3.8, 4) is 0 Å². The monoisotopic (exact) mass is 566 g/mol. The summed E-state index contributed by atoms with van der Waals surface area (Å²) in [5, 5.41) is 0. The topological polar surface area (TPSA) is 58.9 Å². The summed E-state index contributed by atoms with van der Waals surface area (Å²) < 4.78 is 0. The summed E-state index contributed by atoms with van der Waals surface area (Å²) in [5.74, 6) is 0. The predicted octanol–water partition coefficient (Wildman–Crippen LogP) is 9.73. The van der Waals surface area contributed by atoms with E-state index in [2.05, 4.69) is 96.7 Å². The predicted molar refractivity (Wildman–Crippen MR) is 176 cm³/mol. The van der Waals surface area contributed by atoms with Gasteiger partial charge in [-0.2, -0.15) is 9.98 Å². The molecular formula is C39H38N2O2. The standard InChI is InChI=1S/C31H28N2O2.C8H10/c1-4-30(18-12-7-13-19-30)31(25-14-8-5-9-15-25,26-16-10-6-11-17-26)27-20-23(2)28(32-21-34)24(3)29(27)33-22-35;1-2-8-6-4-3-5-7-8/h5-18,20H,4,19H2,1-3H3;3-7H,2H2,1H3. The van der Waals surface area contributed by atoms with Gasteiger partial charge in [0, 0.05) is 11.0 Å². The first-order valence-corrected chi connectivity index (χ1v) is 14.8. The minimum absolute atomic E-state index is 0.355. The second-order valence-corrected chi connectivity index (χ2v) is 10.8. The van der Waals surface area contributed by atoms with Crippen LogP contribution >= 0.6 is 0 Å². The molecule has 0 aromatic heterocycles. The Morgan fingerprint density at radius 1 is 0.744 bits per heavy atom. The summed E-state index contributed by atoms with van der Waals surface area (Å²) in [6.45, 7) is 8.14. The van der Waals surface area contributed by atoms with Crippen LogP contribution < -0.4 is 0 Å². The first-order valence-electron chi connectivity index (χ1n) is 14.8. The largest absolute Gasteiger partial charge is 0.240 e. The first kappa shape index (κ1) is 31.1. The quantitative estimate of drug-likeness (QED) is 0.121. The van der Waals surface area contributed by atoms with Crippen LogP contribution in [-0.2, 0) is 21.4 Å². The van der Waals surface area contributed by atoms with E-state index < -0.39 is 5.41 Å². The molecule has 4 heteroatoms. The zero-order valence-corrected chi connectivity index (χ0v) is 25.4. The molecule has 0 heterocycles. The van der Waals surface area contributed by atoms with Gasteiger partial charge in [0.05, 0.1) is 16.8 Å². The Labute approximate surface area is 255 Å². The van der Waals surface area contributed by atoms with Crippen LogP contribution in [0.15, 0.2) is 131 Å². The first-order chi connectivity index (χ1) is 21.0. The van der Waals surface area contributed by atoms with Gasteiger partial charge in [-0.25, -0.2) is 9.59 Å². The second kappa shape index (κ2) is 14.3. The third kappa shape index (κ3) is 6.03. The molecule has 0 saturated heterocycles. The number of hydrogen-bond acceptors (Lipinski definition) is 4. The molecule has 4 aromatic carbocycles. The zero-order chi connectivity index (χ0) is 30.7. The lowest BCUT2D eigenvalue weighted by molar-refractivity contribution is 0.246. The Morgan fingerprint density at radius 2 is 1.28 bits per heavy atom. The number of allylic oxidation sites excluding steroid dienone is 4. The normalized spacial score (nSPS) is 15.4. The Hall–Kier alpha value is -4.88. The molecule has 0 aliphatic heterocycles. The molecule has 5 rings (SSSR count). The highest BCUT2D eigenvalue weighted by molar-refractivity contribution is 5.76. The van der Waals surface area contributed by atoms with Gasteiger partial charge in [-0.15, -0.1) is 0 Å². The summed E-state index contributed by atoms with van der Waals surface area (Å²) in [6.07, 6.45) is 14.9. The van der Waals surface area contributed by atoms with Gasteiger partial charge in [0.25, 0.3) is 0 Å². The number of carbonyl (C=O) groups excluding carboxylic acids is 2. The molecule has 0 saturated carbocycles. The lowest BCUT2D eigenvalue weighted by Gasteiger charge is -2.51. The van der Waals surface area contributed by atoms with Crippen molar-refractivity contribution in [2.75, 3.05) is 0 Å². The minimum Gasteiger partial charge on any atom is -0.211 e. The van der Waals surface area contributed by atoms with Gasteiger partial charge in [0.1, 0.15) is 0 Å². The number of aliphatic imine (C=N–C) groups is 2. The van der Waals surface area contributed by atoms with Crippen LogP contribution in [0.5, 0.6) is 0 Å². The van der Waals surface area contributed by atoms with Crippen molar-refractivity contribution in [1.82, 2.24) is 0 Å². The Morgan fingerprint density at radius 3 is 1.72 bits per heavy atom. The van der Waals surface area contributed by atoms with E-state index in [9.17, 15) is 9.59 Å². The fraction of sp³-hybridized carbons (Fsp3) is 0.231. The molecule has 0 radical (unpaired) electrons. The maximum atomic E-state index is 11.7. The molecule has 0 bridgehead atoms. The van der Waals surface area contributed by atoms with Gasteiger partial charge in [-0.05, 0) is 60.9 Å². The molecule has 0 N–H and O–H groups in total. The molecule has 1 atom stereocenters.